The van der Waals surface area contributed by atoms with Gasteiger partial charge in [0.15, 0.2) is 4.80 Å². The van der Waals surface area contributed by atoms with Crippen LogP contribution in [-0.2, 0) is 11.3 Å². The van der Waals surface area contributed by atoms with Crippen molar-refractivity contribution in [3.8, 4) is 0 Å². The summed E-state index contributed by atoms with van der Waals surface area (Å²) in [7, 11) is 0. The number of hydrogen-bond acceptors (Lipinski definition) is 2. The second kappa shape index (κ2) is 5.45. The Hall–Kier alpha value is -1.94. The molecule has 21 heavy (non-hydrogen) atoms. The van der Waals surface area contributed by atoms with Gasteiger partial charge in [0.1, 0.15) is 0 Å². The molecule has 0 fully saturated rings. The van der Waals surface area contributed by atoms with Crippen LogP contribution in [0.15, 0.2) is 41.4 Å². The van der Waals surface area contributed by atoms with Crippen molar-refractivity contribution in [2.75, 3.05) is 0 Å². The van der Waals surface area contributed by atoms with E-state index >= 15 is 0 Å². The van der Waals surface area contributed by atoms with Crippen molar-refractivity contribution in [2.45, 2.75) is 27.3 Å². The number of hydrogen-bond donors (Lipinski definition) is 0. The normalized spacial score (nSPS) is 12.7. The highest BCUT2D eigenvalue weighted by Crippen LogP contribution is 2.27. The number of rotatable bonds is 2. The van der Waals surface area contributed by atoms with E-state index in [2.05, 4.69) is 40.7 Å². The first-order chi connectivity index (χ1) is 10.1. The third kappa shape index (κ3) is 2.40. The molecule has 2 aromatic carbocycles. The summed E-state index contributed by atoms with van der Waals surface area (Å²) in [6.07, 6.45) is 0. The van der Waals surface area contributed by atoms with Crippen molar-refractivity contribution < 1.29 is 4.79 Å². The van der Waals surface area contributed by atoms with E-state index in [1.807, 2.05) is 26.0 Å². The molecule has 1 aromatic heterocycles. The largest absolute Gasteiger partial charge is 0.317 e. The Bertz CT molecular complexity index is 887. The molecule has 108 valence electrons. The third-order valence-electron chi connectivity index (χ3n) is 3.59. The van der Waals surface area contributed by atoms with Gasteiger partial charge in [0.2, 0.25) is 0 Å². The molecule has 0 aliphatic rings. The van der Waals surface area contributed by atoms with Crippen LogP contribution in [0.2, 0.25) is 0 Å². The molecule has 0 radical (unpaired) electrons. The average molecular weight is 298 g/mol. The van der Waals surface area contributed by atoms with Gasteiger partial charge in [-0.1, -0.05) is 55.5 Å². The van der Waals surface area contributed by atoms with Gasteiger partial charge in [-0.2, -0.15) is 4.99 Å². The maximum Gasteiger partial charge on any atom is 0.250 e. The van der Waals surface area contributed by atoms with E-state index in [4.69, 9.17) is 0 Å². The fourth-order valence-electron chi connectivity index (χ4n) is 2.41. The molecule has 1 heterocycles. The molecule has 0 aliphatic heterocycles. The van der Waals surface area contributed by atoms with E-state index in [1.54, 1.807) is 11.3 Å². The van der Waals surface area contributed by atoms with Crippen LogP contribution in [-0.4, -0.2) is 10.5 Å². The van der Waals surface area contributed by atoms with Crippen LogP contribution in [0.1, 0.15) is 20.8 Å². The highest BCUT2D eigenvalue weighted by atomic mass is 32.1. The second-order valence-electron chi connectivity index (χ2n) is 5.37. The Labute approximate surface area is 127 Å². The van der Waals surface area contributed by atoms with Crippen molar-refractivity contribution >= 4 is 38.2 Å². The van der Waals surface area contributed by atoms with Gasteiger partial charge in [-0.05, 0) is 18.4 Å². The van der Waals surface area contributed by atoms with Crippen LogP contribution in [0, 0.1) is 5.92 Å². The zero-order chi connectivity index (χ0) is 15.0. The van der Waals surface area contributed by atoms with E-state index in [-0.39, 0.29) is 11.8 Å². The maximum atomic E-state index is 11.9. The number of amides is 1. The van der Waals surface area contributed by atoms with Crippen LogP contribution in [0.4, 0.5) is 0 Å². The van der Waals surface area contributed by atoms with Crippen molar-refractivity contribution in [1.29, 1.82) is 0 Å². The summed E-state index contributed by atoms with van der Waals surface area (Å²) in [5.74, 6) is -0.134. The highest BCUT2D eigenvalue weighted by molar-refractivity contribution is 7.17. The minimum Gasteiger partial charge on any atom is -0.317 e. The molecule has 4 heteroatoms. The second-order valence-corrected chi connectivity index (χ2v) is 6.35. The fourth-order valence-corrected chi connectivity index (χ4v) is 3.65. The number of aryl methyl sites for hydroxylation is 1. The van der Waals surface area contributed by atoms with Gasteiger partial charge in [-0.3, -0.25) is 4.79 Å². The first-order valence-electron chi connectivity index (χ1n) is 7.21. The van der Waals surface area contributed by atoms with Gasteiger partial charge < -0.3 is 4.57 Å². The molecule has 0 aliphatic carbocycles. The lowest BCUT2D eigenvalue weighted by Crippen LogP contribution is -2.17. The van der Waals surface area contributed by atoms with Crippen LogP contribution in [0.3, 0.4) is 0 Å². The predicted octanol–water partition coefficient (Wildman–Crippen LogP) is 3.96. The number of benzene rings is 2. The zero-order valence-corrected chi connectivity index (χ0v) is 13.3. The first-order valence-corrected chi connectivity index (χ1v) is 8.03. The molecule has 0 unspecified atom stereocenters. The van der Waals surface area contributed by atoms with Gasteiger partial charge in [0.25, 0.3) is 5.91 Å². The SMILES string of the molecule is CCn1c(=NC(=O)C(C)C)sc2c3ccccc3ccc21. The predicted molar refractivity (Wildman–Crippen MR) is 88.4 cm³/mol. The Morgan fingerprint density at radius 2 is 2.00 bits per heavy atom. The molecular weight excluding hydrogens is 280 g/mol. The minimum atomic E-state index is -0.0720. The summed E-state index contributed by atoms with van der Waals surface area (Å²) in [6, 6.07) is 12.6. The molecule has 3 nitrogen and oxygen atoms in total. The van der Waals surface area contributed by atoms with E-state index < -0.39 is 0 Å². The molecule has 3 aromatic rings. The lowest BCUT2D eigenvalue weighted by atomic mass is 10.1. The molecule has 0 saturated heterocycles. The van der Waals surface area contributed by atoms with Gasteiger partial charge in [0, 0.05) is 17.8 Å². The summed E-state index contributed by atoms with van der Waals surface area (Å²) < 4.78 is 3.32. The lowest BCUT2D eigenvalue weighted by Gasteiger charge is -2.02. The Balaban J connectivity index is 2.37. The van der Waals surface area contributed by atoms with Crippen molar-refractivity contribution in [3.05, 3.63) is 41.2 Å². The van der Waals surface area contributed by atoms with E-state index in [9.17, 15) is 4.79 Å². The van der Waals surface area contributed by atoms with Crippen molar-refractivity contribution in [2.24, 2.45) is 10.9 Å². The smallest absolute Gasteiger partial charge is 0.250 e. The Kier molecular flexibility index (Phi) is 3.64. The first kappa shape index (κ1) is 14.0. The lowest BCUT2D eigenvalue weighted by molar-refractivity contribution is -0.120. The van der Waals surface area contributed by atoms with Crippen molar-refractivity contribution in [3.63, 3.8) is 0 Å². The number of nitrogens with zero attached hydrogens (tertiary/aromatic N) is 2. The molecule has 0 spiro atoms. The summed E-state index contributed by atoms with van der Waals surface area (Å²) in [4.78, 5) is 17.1. The summed E-state index contributed by atoms with van der Waals surface area (Å²) in [5.41, 5.74) is 1.15. The summed E-state index contributed by atoms with van der Waals surface area (Å²) in [6.45, 7) is 6.65. The van der Waals surface area contributed by atoms with Crippen LogP contribution in [0.5, 0.6) is 0 Å². The monoisotopic (exact) mass is 298 g/mol. The van der Waals surface area contributed by atoms with E-state index in [0.29, 0.717) is 0 Å². The van der Waals surface area contributed by atoms with E-state index in [1.165, 1.54) is 15.5 Å². The topological polar surface area (TPSA) is 34.4 Å². The average Bonchev–Trinajstić information content (AvgIpc) is 2.84. The molecule has 0 bridgehead atoms. The summed E-state index contributed by atoms with van der Waals surface area (Å²) in [5, 5.41) is 2.44. The quantitative estimate of drug-likeness (QED) is 0.705. The Morgan fingerprint density at radius 1 is 1.24 bits per heavy atom. The Morgan fingerprint density at radius 3 is 2.71 bits per heavy atom. The number of fused-ring (bicyclic) bond motifs is 3. The molecule has 1 amide bonds. The minimum absolute atomic E-state index is 0.0620. The maximum absolute atomic E-state index is 11.9. The number of carbonyl (C=O) groups excluding carboxylic acids is 1. The molecule has 0 atom stereocenters. The number of aromatic nitrogens is 1. The zero-order valence-electron chi connectivity index (χ0n) is 12.5. The van der Waals surface area contributed by atoms with E-state index in [0.717, 1.165) is 16.9 Å². The standard InChI is InChI=1S/C17H18N2OS/c1-4-19-14-10-9-12-7-5-6-8-13(12)15(14)21-17(19)18-16(20)11(2)3/h5-11H,4H2,1-3H3. The van der Waals surface area contributed by atoms with Gasteiger partial charge in [-0.25, -0.2) is 0 Å². The van der Waals surface area contributed by atoms with Gasteiger partial charge >= 0.3 is 0 Å². The van der Waals surface area contributed by atoms with Gasteiger partial charge in [-0.15, -0.1) is 0 Å². The third-order valence-corrected chi connectivity index (χ3v) is 4.72. The fraction of sp³-hybridized carbons (Fsp3) is 0.294. The van der Waals surface area contributed by atoms with Crippen molar-refractivity contribution in [1.82, 2.24) is 4.57 Å². The van der Waals surface area contributed by atoms with Crippen LogP contribution in [0.25, 0.3) is 21.0 Å². The number of carbonyl (C=O) groups is 1. The number of thiazole rings is 1. The molecule has 0 saturated carbocycles. The highest BCUT2D eigenvalue weighted by Gasteiger charge is 2.10. The molecule has 3 rings (SSSR count). The summed E-state index contributed by atoms with van der Waals surface area (Å²) >= 11 is 1.60. The molecular formula is C17H18N2OS. The molecule has 0 N–H and O–H groups in total. The van der Waals surface area contributed by atoms with Gasteiger partial charge in [0.05, 0.1) is 10.2 Å². The van der Waals surface area contributed by atoms with Crippen LogP contribution < -0.4 is 4.80 Å². The van der Waals surface area contributed by atoms with Crippen LogP contribution >= 0.6 is 11.3 Å².